The molecule has 0 bridgehead atoms. The zero-order chi connectivity index (χ0) is 31.3. The van der Waals surface area contributed by atoms with Crippen molar-refractivity contribution in [1.29, 1.82) is 0 Å². The highest BCUT2D eigenvalue weighted by atomic mass is 35.5. The van der Waals surface area contributed by atoms with Crippen LogP contribution in [0.15, 0.2) is 46.3 Å². The van der Waals surface area contributed by atoms with Gasteiger partial charge in [0.2, 0.25) is 5.88 Å². The van der Waals surface area contributed by atoms with Gasteiger partial charge < -0.3 is 25.0 Å². The van der Waals surface area contributed by atoms with Gasteiger partial charge >= 0.3 is 11.8 Å². The molecular weight excluding hydrogens is 584 g/mol. The lowest BCUT2D eigenvalue weighted by molar-refractivity contribution is 0.00198. The smallest absolute Gasteiger partial charge is 0.410 e. The number of anilines is 2. The number of likely N-dealkylation sites (tertiary alicyclic amines) is 1. The first-order valence-electron chi connectivity index (χ1n) is 15.0. The quantitative estimate of drug-likeness (QED) is 0.190. The van der Waals surface area contributed by atoms with E-state index in [0.29, 0.717) is 46.8 Å². The van der Waals surface area contributed by atoms with Crippen LogP contribution in [0.1, 0.15) is 65.0 Å². The molecule has 1 aromatic carbocycles. The van der Waals surface area contributed by atoms with Crippen LogP contribution in [0.5, 0.6) is 5.88 Å². The molecule has 13 heteroatoms. The number of benzene rings is 1. The highest BCUT2D eigenvalue weighted by Gasteiger charge is 2.29. The van der Waals surface area contributed by atoms with Crippen LogP contribution in [0.3, 0.4) is 0 Å². The van der Waals surface area contributed by atoms with Crippen molar-refractivity contribution in [3.63, 3.8) is 0 Å². The Bertz CT molecular complexity index is 1790. The summed E-state index contributed by atoms with van der Waals surface area (Å²) in [7, 11) is 0. The number of aromatic amines is 2. The summed E-state index contributed by atoms with van der Waals surface area (Å²) in [6.45, 7) is 7.92. The van der Waals surface area contributed by atoms with Crippen molar-refractivity contribution in [1.82, 2.24) is 29.5 Å². The van der Waals surface area contributed by atoms with Crippen LogP contribution in [0, 0.1) is 5.92 Å². The van der Waals surface area contributed by atoms with Crippen molar-refractivity contribution in [2.45, 2.75) is 64.9 Å². The summed E-state index contributed by atoms with van der Waals surface area (Å²) in [5, 5.41) is 19.0. The number of piperidine rings is 1. The number of carbonyl (C=O) groups is 1. The Morgan fingerprint density at radius 1 is 1.25 bits per heavy atom. The van der Waals surface area contributed by atoms with Crippen molar-refractivity contribution in [2.24, 2.45) is 10.9 Å². The molecule has 0 saturated carbocycles. The Hall–Kier alpha value is -4.32. The summed E-state index contributed by atoms with van der Waals surface area (Å²) in [4.78, 5) is 40.8. The molecule has 1 aliphatic heterocycles. The number of H-pyrrole nitrogens is 2. The minimum absolute atomic E-state index is 0.216. The fourth-order valence-electron chi connectivity index (χ4n) is 5.28. The summed E-state index contributed by atoms with van der Waals surface area (Å²) in [5.74, 6) is 0.537. The lowest BCUT2D eigenvalue weighted by Gasteiger charge is -2.34. The second-order valence-electron chi connectivity index (χ2n) is 11.8. The predicted octanol–water partition coefficient (Wildman–Crippen LogP) is 4.50. The molecule has 4 aromatic rings. The van der Waals surface area contributed by atoms with Crippen molar-refractivity contribution in [3.8, 4) is 5.88 Å². The molecule has 1 fully saturated rings. The highest BCUT2D eigenvalue weighted by Crippen LogP contribution is 2.23. The zero-order valence-electron chi connectivity index (χ0n) is 25.3. The summed E-state index contributed by atoms with van der Waals surface area (Å²) >= 11 is 6.19. The standard InChI is InChI=1S/C31H39ClN8O4/c1-4-5-6-12-31(2,3)44-30(43)39-13-10-20(11-14-39)18-33-26-17-25(35-23-9-7-8-22(32)16-23)37-27-21(19-34-40(26)27)15-24-28(41)38-29(42)36-24/h7-9,15-17,19-20,35,41H,4-6,10-14,18H2,1-3H3,(H2,36,38,42). The number of hydrogen-bond acceptors (Lipinski definition) is 8. The molecular formula is C31H39ClN8O4. The first-order valence-corrected chi connectivity index (χ1v) is 15.4. The number of rotatable bonds is 10. The van der Waals surface area contributed by atoms with E-state index in [9.17, 15) is 14.7 Å². The molecule has 5 rings (SSSR count). The summed E-state index contributed by atoms with van der Waals surface area (Å²) in [6.07, 6.45) is 8.74. The van der Waals surface area contributed by atoms with Gasteiger partial charge in [0.1, 0.15) is 17.1 Å². The molecule has 1 aliphatic rings. The first-order chi connectivity index (χ1) is 21.1. The number of unbranched alkanes of at least 4 members (excludes halogenated alkanes) is 2. The fraction of sp³-hybridized carbons (Fsp3) is 0.452. The molecule has 4 N–H and O–H groups in total. The Balaban J connectivity index is 1.35. The molecule has 44 heavy (non-hydrogen) atoms. The van der Waals surface area contributed by atoms with Crippen LogP contribution in [0.25, 0.3) is 11.7 Å². The topological polar surface area (TPSA) is 153 Å². The van der Waals surface area contributed by atoms with E-state index in [1.165, 1.54) is 0 Å². The number of hydrogen-bond donors (Lipinski definition) is 4. The third-order valence-electron chi connectivity index (χ3n) is 7.74. The predicted molar refractivity (Wildman–Crippen MR) is 169 cm³/mol. The van der Waals surface area contributed by atoms with Gasteiger partial charge in [0, 0.05) is 41.6 Å². The average Bonchev–Trinajstić information content (AvgIpc) is 3.53. The normalized spacial score (nSPS) is 15.3. The number of nitrogens with one attached hydrogen (secondary N) is 3. The third-order valence-corrected chi connectivity index (χ3v) is 7.98. The second kappa shape index (κ2) is 13.5. The van der Waals surface area contributed by atoms with E-state index < -0.39 is 11.3 Å². The van der Waals surface area contributed by atoms with E-state index in [1.807, 2.05) is 32.0 Å². The Kier molecular flexibility index (Phi) is 9.58. The molecule has 4 heterocycles. The minimum atomic E-state index is -0.521. The van der Waals surface area contributed by atoms with Crippen molar-refractivity contribution < 1.29 is 14.6 Å². The molecule has 1 amide bonds. The number of halogens is 1. The van der Waals surface area contributed by atoms with E-state index >= 15 is 0 Å². The number of aromatic hydroxyl groups is 1. The summed E-state index contributed by atoms with van der Waals surface area (Å²) < 4.78 is 7.48. The molecule has 234 valence electrons. The Morgan fingerprint density at radius 3 is 2.75 bits per heavy atom. The van der Waals surface area contributed by atoms with Crippen molar-refractivity contribution in [2.75, 3.05) is 25.0 Å². The number of amides is 1. The number of ether oxygens (including phenoxy) is 1. The number of carbonyl (C=O) groups excluding carboxylic acids is 1. The summed E-state index contributed by atoms with van der Waals surface area (Å²) in [6, 6.07) is 9.12. The molecule has 0 aliphatic carbocycles. The van der Waals surface area contributed by atoms with Crippen LogP contribution in [-0.4, -0.2) is 65.9 Å². The Labute approximate surface area is 259 Å². The van der Waals surface area contributed by atoms with Gasteiger partial charge in [0.05, 0.1) is 6.20 Å². The molecule has 0 atom stereocenters. The van der Waals surface area contributed by atoms with Gasteiger partial charge in [0.15, 0.2) is 11.1 Å². The van der Waals surface area contributed by atoms with Gasteiger partial charge in [-0.2, -0.15) is 9.61 Å². The van der Waals surface area contributed by atoms with Gasteiger partial charge in [-0.05, 0) is 69.7 Å². The van der Waals surface area contributed by atoms with Crippen LogP contribution in [0.2, 0.25) is 5.02 Å². The number of imidazole rings is 1. The van der Waals surface area contributed by atoms with Crippen LogP contribution in [0.4, 0.5) is 16.3 Å². The van der Waals surface area contributed by atoms with Gasteiger partial charge in [-0.15, -0.1) is 0 Å². The maximum absolute atomic E-state index is 12.8. The number of fused-ring (bicyclic) bond motifs is 1. The van der Waals surface area contributed by atoms with Crippen LogP contribution < -0.4 is 21.7 Å². The van der Waals surface area contributed by atoms with Crippen molar-refractivity contribution >= 4 is 40.9 Å². The zero-order valence-corrected chi connectivity index (χ0v) is 26.0. The van der Waals surface area contributed by atoms with Crippen LogP contribution >= 0.6 is 11.6 Å². The monoisotopic (exact) mass is 622 g/mol. The van der Waals surface area contributed by atoms with Crippen LogP contribution in [-0.2, 0) is 4.74 Å². The number of nitrogens with zero attached hydrogens (tertiary/aromatic N) is 5. The van der Waals surface area contributed by atoms with Gasteiger partial charge in [-0.1, -0.05) is 37.4 Å². The molecule has 0 spiro atoms. The maximum atomic E-state index is 12.8. The summed E-state index contributed by atoms with van der Waals surface area (Å²) in [5.41, 5.74) is 1.04. The molecule has 3 aromatic heterocycles. The molecule has 0 unspecified atom stereocenters. The minimum Gasteiger partial charge on any atom is -0.493 e. The second-order valence-corrected chi connectivity index (χ2v) is 12.2. The molecule has 12 nitrogen and oxygen atoms in total. The first kappa shape index (κ1) is 31.1. The lowest BCUT2D eigenvalue weighted by atomic mass is 9.97. The highest BCUT2D eigenvalue weighted by molar-refractivity contribution is 6.30. The molecule has 1 saturated heterocycles. The van der Waals surface area contributed by atoms with E-state index in [2.05, 4.69) is 27.3 Å². The Morgan fingerprint density at radius 2 is 2.05 bits per heavy atom. The largest absolute Gasteiger partial charge is 0.493 e. The lowest BCUT2D eigenvalue weighted by Crippen LogP contribution is -2.43. The van der Waals surface area contributed by atoms with Gasteiger partial charge in [-0.25, -0.2) is 14.6 Å². The third kappa shape index (κ3) is 7.79. The molecule has 0 radical (unpaired) electrons. The maximum Gasteiger partial charge on any atom is 0.410 e. The number of aromatic nitrogens is 5. The van der Waals surface area contributed by atoms with E-state index in [1.54, 1.807) is 33.8 Å². The van der Waals surface area contributed by atoms with E-state index in [0.717, 1.165) is 44.2 Å². The van der Waals surface area contributed by atoms with E-state index in [-0.39, 0.29) is 23.6 Å². The van der Waals surface area contributed by atoms with Gasteiger partial charge in [-0.3, -0.25) is 9.98 Å². The SMILES string of the molecule is CCCCCC(C)(C)OC(=O)N1CCC(CN=c2cc(Nc3cccc(Cl)c3)nc3c(=Cc4[nH]c(=O)[nH]c4O)cnn23)CC1. The van der Waals surface area contributed by atoms with Gasteiger partial charge in [0.25, 0.3) is 0 Å². The average molecular weight is 623 g/mol. The van der Waals surface area contributed by atoms with E-state index in [4.69, 9.17) is 26.3 Å². The fourth-order valence-corrected chi connectivity index (χ4v) is 5.47. The van der Waals surface area contributed by atoms with Crippen molar-refractivity contribution in [3.05, 3.63) is 68.4 Å².